The van der Waals surface area contributed by atoms with Crippen molar-refractivity contribution in [2.45, 2.75) is 30.7 Å². The molecule has 0 bridgehead atoms. The van der Waals surface area contributed by atoms with E-state index >= 15 is 0 Å². The van der Waals surface area contributed by atoms with Gasteiger partial charge in [-0.05, 0) is 37.6 Å². The molecule has 8 heteroatoms. The average Bonchev–Trinajstić information content (AvgIpc) is 3.09. The first-order valence-corrected chi connectivity index (χ1v) is 10.5. The topological polar surface area (TPSA) is 83.7 Å². The zero-order chi connectivity index (χ0) is 19.4. The zero-order valence-corrected chi connectivity index (χ0v) is 17.5. The number of nitrogens with two attached hydrogens (primary N) is 1. The lowest BCUT2D eigenvalue weighted by Crippen LogP contribution is -2.37. The summed E-state index contributed by atoms with van der Waals surface area (Å²) in [5, 5.41) is 0. The molecule has 2 aromatic carbocycles. The molecule has 1 aliphatic heterocycles. The highest BCUT2D eigenvalue weighted by molar-refractivity contribution is 7.92. The quantitative estimate of drug-likeness (QED) is 0.773. The molecule has 1 fully saturated rings. The number of aryl methyl sites for hydroxylation is 1. The fraction of sp³-hybridized carbons (Fsp3) is 0.350. The Labute approximate surface area is 172 Å². The van der Waals surface area contributed by atoms with E-state index in [-0.39, 0.29) is 42.2 Å². The Bertz CT molecular complexity index is 889. The Morgan fingerprint density at radius 3 is 2.36 bits per heavy atom. The molecule has 1 aliphatic rings. The van der Waals surface area contributed by atoms with Gasteiger partial charge in [-0.3, -0.25) is 9.10 Å². The molecule has 0 unspecified atom stereocenters. The molecule has 1 heterocycles. The fourth-order valence-electron chi connectivity index (χ4n) is 3.19. The molecule has 2 aromatic rings. The van der Waals surface area contributed by atoms with Gasteiger partial charge in [0, 0.05) is 32.1 Å². The third-order valence-electron chi connectivity index (χ3n) is 4.76. The SMILES string of the molecule is Cc1ccc(S(=O)(=O)N(CCC(=O)N2CC[C@@H](N)C2)c2ccccc2)cc1.Cl. The minimum atomic E-state index is -3.76. The van der Waals surface area contributed by atoms with Crippen LogP contribution in [0.25, 0.3) is 0 Å². The van der Waals surface area contributed by atoms with Crippen LogP contribution in [0.15, 0.2) is 59.5 Å². The molecular formula is C20H26ClN3O3S. The Hall–Kier alpha value is -2.09. The summed E-state index contributed by atoms with van der Waals surface area (Å²) in [6, 6.07) is 15.6. The second-order valence-electron chi connectivity index (χ2n) is 6.86. The first-order valence-electron chi connectivity index (χ1n) is 9.06. The second kappa shape index (κ2) is 9.41. The molecule has 1 saturated heterocycles. The summed E-state index contributed by atoms with van der Waals surface area (Å²) in [5.74, 6) is -0.0667. The predicted octanol–water partition coefficient (Wildman–Crippen LogP) is 2.56. The number of hydrogen-bond acceptors (Lipinski definition) is 4. The number of para-hydroxylation sites is 1. The van der Waals surface area contributed by atoms with Crippen molar-refractivity contribution in [3.8, 4) is 0 Å². The molecule has 0 radical (unpaired) electrons. The number of hydrogen-bond donors (Lipinski definition) is 1. The fourth-order valence-corrected chi connectivity index (χ4v) is 4.65. The van der Waals surface area contributed by atoms with Gasteiger partial charge in [0.25, 0.3) is 10.0 Å². The number of nitrogens with zero attached hydrogens (tertiary/aromatic N) is 2. The van der Waals surface area contributed by atoms with Crippen molar-refractivity contribution in [2.24, 2.45) is 5.73 Å². The van der Waals surface area contributed by atoms with E-state index in [1.807, 2.05) is 13.0 Å². The van der Waals surface area contributed by atoms with Crippen molar-refractivity contribution in [2.75, 3.05) is 23.9 Å². The van der Waals surface area contributed by atoms with E-state index in [2.05, 4.69) is 0 Å². The number of halogens is 1. The normalized spacial score (nSPS) is 16.5. The lowest BCUT2D eigenvalue weighted by atomic mass is 10.2. The van der Waals surface area contributed by atoms with Gasteiger partial charge >= 0.3 is 0 Å². The van der Waals surface area contributed by atoms with Gasteiger partial charge in [0.1, 0.15) is 0 Å². The molecule has 6 nitrogen and oxygen atoms in total. The van der Waals surface area contributed by atoms with E-state index < -0.39 is 10.0 Å². The highest BCUT2D eigenvalue weighted by Crippen LogP contribution is 2.24. The van der Waals surface area contributed by atoms with E-state index in [0.717, 1.165) is 12.0 Å². The van der Waals surface area contributed by atoms with Crippen molar-refractivity contribution >= 4 is 34.0 Å². The van der Waals surface area contributed by atoms with Crippen LogP contribution in [0.2, 0.25) is 0 Å². The van der Waals surface area contributed by atoms with Crippen LogP contribution in [0.3, 0.4) is 0 Å². The van der Waals surface area contributed by atoms with Crippen molar-refractivity contribution in [3.63, 3.8) is 0 Å². The maximum atomic E-state index is 13.2. The van der Waals surface area contributed by atoms with Gasteiger partial charge in [-0.15, -0.1) is 12.4 Å². The van der Waals surface area contributed by atoms with Gasteiger partial charge < -0.3 is 10.6 Å². The summed E-state index contributed by atoms with van der Waals surface area (Å²) in [5.41, 5.74) is 7.40. The molecule has 0 saturated carbocycles. The summed E-state index contributed by atoms with van der Waals surface area (Å²) < 4.78 is 27.7. The van der Waals surface area contributed by atoms with Crippen LogP contribution >= 0.6 is 12.4 Å². The van der Waals surface area contributed by atoms with Crippen molar-refractivity contribution in [1.29, 1.82) is 0 Å². The summed E-state index contributed by atoms with van der Waals surface area (Å²) in [7, 11) is -3.76. The van der Waals surface area contributed by atoms with E-state index in [1.54, 1.807) is 53.4 Å². The molecule has 2 N–H and O–H groups in total. The van der Waals surface area contributed by atoms with Gasteiger partial charge in [0.2, 0.25) is 5.91 Å². The summed E-state index contributed by atoms with van der Waals surface area (Å²) in [6.45, 7) is 3.17. The average molecular weight is 424 g/mol. The van der Waals surface area contributed by atoms with Crippen LogP contribution < -0.4 is 10.0 Å². The smallest absolute Gasteiger partial charge is 0.264 e. The first-order chi connectivity index (χ1) is 12.9. The molecule has 152 valence electrons. The first kappa shape index (κ1) is 22.2. The van der Waals surface area contributed by atoms with Crippen LogP contribution in [-0.2, 0) is 14.8 Å². The highest BCUT2D eigenvalue weighted by atomic mass is 35.5. The summed E-state index contributed by atoms with van der Waals surface area (Å²) in [6.07, 6.45) is 0.905. The number of benzene rings is 2. The number of carbonyl (C=O) groups is 1. The Balaban J connectivity index is 0.00000280. The number of amides is 1. The van der Waals surface area contributed by atoms with Crippen LogP contribution in [0.4, 0.5) is 5.69 Å². The molecule has 0 aliphatic carbocycles. The molecule has 1 amide bonds. The molecule has 1 atom stereocenters. The number of sulfonamides is 1. The number of carbonyl (C=O) groups excluding carboxylic acids is 1. The van der Waals surface area contributed by atoms with E-state index in [9.17, 15) is 13.2 Å². The van der Waals surface area contributed by atoms with E-state index in [0.29, 0.717) is 18.8 Å². The zero-order valence-electron chi connectivity index (χ0n) is 15.8. The third kappa shape index (κ3) is 5.04. The van der Waals surface area contributed by atoms with Crippen molar-refractivity contribution in [3.05, 3.63) is 60.2 Å². The predicted molar refractivity (Wildman–Crippen MR) is 113 cm³/mol. The van der Waals surface area contributed by atoms with Crippen molar-refractivity contribution in [1.82, 2.24) is 4.90 Å². The van der Waals surface area contributed by atoms with Gasteiger partial charge in [-0.1, -0.05) is 35.9 Å². The summed E-state index contributed by atoms with van der Waals surface area (Å²) in [4.78, 5) is 14.4. The van der Waals surface area contributed by atoms with Crippen LogP contribution in [-0.4, -0.2) is 44.9 Å². The Morgan fingerprint density at radius 1 is 1.14 bits per heavy atom. The molecular weight excluding hydrogens is 398 g/mol. The maximum Gasteiger partial charge on any atom is 0.264 e. The number of anilines is 1. The standard InChI is InChI=1S/C20H25N3O3S.ClH/c1-16-7-9-19(10-8-16)27(25,26)23(18-5-3-2-4-6-18)14-12-20(24)22-13-11-17(21)15-22;/h2-10,17H,11-15,21H2,1H3;1H/t17-;/m1./s1. The molecule has 0 spiro atoms. The van der Waals surface area contributed by atoms with E-state index in [1.165, 1.54) is 4.31 Å². The van der Waals surface area contributed by atoms with Gasteiger partial charge in [0.15, 0.2) is 0 Å². The molecule has 3 rings (SSSR count). The molecule has 28 heavy (non-hydrogen) atoms. The number of rotatable bonds is 6. The van der Waals surface area contributed by atoms with Crippen LogP contribution in [0.5, 0.6) is 0 Å². The second-order valence-corrected chi connectivity index (χ2v) is 8.73. The lowest BCUT2D eigenvalue weighted by molar-refractivity contribution is -0.129. The van der Waals surface area contributed by atoms with Crippen LogP contribution in [0, 0.1) is 6.92 Å². The minimum absolute atomic E-state index is 0. The minimum Gasteiger partial charge on any atom is -0.341 e. The van der Waals surface area contributed by atoms with Crippen LogP contribution in [0.1, 0.15) is 18.4 Å². The van der Waals surface area contributed by atoms with Gasteiger partial charge in [0.05, 0.1) is 10.6 Å². The van der Waals surface area contributed by atoms with Gasteiger partial charge in [-0.2, -0.15) is 0 Å². The lowest BCUT2D eigenvalue weighted by Gasteiger charge is -2.25. The van der Waals surface area contributed by atoms with Gasteiger partial charge in [-0.25, -0.2) is 8.42 Å². The molecule has 0 aromatic heterocycles. The number of likely N-dealkylation sites (tertiary alicyclic amines) is 1. The third-order valence-corrected chi connectivity index (χ3v) is 6.60. The van der Waals surface area contributed by atoms with E-state index in [4.69, 9.17) is 5.73 Å². The Kier molecular flexibility index (Phi) is 7.46. The summed E-state index contributed by atoms with van der Waals surface area (Å²) >= 11 is 0. The monoisotopic (exact) mass is 423 g/mol. The largest absolute Gasteiger partial charge is 0.341 e. The van der Waals surface area contributed by atoms with Crippen molar-refractivity contribution < 1.29 is 13.2 Å². The maximum absolute atomic E-state index is 13.2. The Morgan fingerprint density at radius 2 is 1.79 bits per heavy atom. The highest BCUT2D eigenvalue weighted by Gasteiger charge is 2.28.